The number of hydrogen-bond donors (Lipinski definition) is 1. The predicted molar refractivity (Wildman–Crippen MR) is 80.8 cm³/mol. The molecule has 6 nitrogen and oxygen atoms in total. The summed E-state index contributed by atoms with van der Waals surface area (Å²) in [6.07, 6.45) is 1.67. The summed E-state index contributed by atoms with van der Waals surface area (Å²) in [4.78, 5) is 14.7. The van der Waals surface area contributed by atoms with E-state index >= 15 is 0 Å². The number of ether oxygens (including phenoxy) is 1. The maximum Gasteiger partial charge on any atom is 0.312 e. The molecule has 0 saturated carbocycles. The first-order valence-electron chi connectivity index (χ1n) is 6.37. The normalized spacial score (nSPS) is 10.2. The van der Waals surface area contributed by atoms with E-state index in [1.165, 1.54) is 12.1 Å². The molecule has 2 aromatic rings. The Labute approximate surface area is 126 Å². The van der Waals surface area contributed by atoms with Gasteiger partial charge in [-0.2, -0.15) is 0 Å². The monoisotopic (exact) mass is 307 g/mol. The lowest BCUT2D eigenvalue weighted by molar-refractivity contribution is -0.385. The Hall–Kier alpha value is -2.34. The molecule has 0 unspecified atom stereocenters. The number of para-hydroxylation sites is 1. The van der Waals surface area contributed by atoms with Crippen LogP contribution in [0, 0.1) is 10.1 Å². The molecule has 7 heteroatoms. The first-order chi connectivity index (χ1) is 10.1. The van der Waals surface area contributed by atoms with Gasteiger partial charge in [-0.3, -0.25) is 10.1 Å². The van der Waals surface area contributed by atoms with Crippen molar-refractivity contribution in [3.05, 3.63) is 57.2 Å². The largest absolute Gasteiger partial charge is 0.481 e. The third kappa shape index (κ3) is 3.61. The van der Waals surface area contributed by atoms with Crippen molar-refractivity contribution in [2.24, 2.45) is 0 Å². The van der Waals surface area contributed by atoms with Gasteiger partial charge in [-0.15, -0.1) is 0 Å². The first-order valence-corrected chi connectivity index (χ1v) is 6.74. The van der Waals surface area contributed by atoms with E-state index in [2.05, 4.69) is 10.3 Å². The number of benzene rings is 1. The second-order valence-corrected chi connectivity index (χ2v) is 4.58. The van der Waals surface area contributed by atoms with Gasteiger partial charge in [0.1, 0.15) is 12.4 Å². The number of nitrogens with zero attached hydrogens (tertiary/aromatic N) is 2. The Bertz CT molecular complexity index is 649. The molecule has 1 aromatic heterocycles. The fourth-order valence-electron chi connectivity index (χ4n) is 1.82. The second kappa shape index (κ2) is 6.90. The molecule has 1 aromatic carbocycles. The molecule has 0 amide bonds. The zero-order valence-corrected chi connectivity index (χ0v) is 12.1. The lowest BCUT2D eigenvalue weighted by Crippen LogP contribution is -2.06. The molecule has 0 atom stereocenters. The molecule has 0 spiro atoms. The average molecular weight is 308 g/mol. The summed E-state index contributed by atoms with van der Waals surface area (Å²) in [6.45, 7) is 2.81. The number of nitro groups is 1. The van der Waals surface area contributed by atoms with Crippen LogP contribution in [-0.4, -0.2) is 16.5 Å². The van der Waals surface area contributed by atoms with Crippen LogP contribution in [0.4, 0.5) is 11.5 Å². The van der Waals surface area contributed by atoms with Crippen molar-refractivity contribution in [2.75, 3.05) is 11.9 Å². The van der Waals surface area contributed by atoms with Gasteiger partial charge in [0.25, 0.3) is 0 Å². The lowest BCUT2D eigenvalue weighted by atomic mass is 10.2. The van der Waals surface area contributed by atoms with E-state index in [9.17, 15) is 10.1 Å². The quantitative estimate of drug-likeness (QED) is 0.651. The number of nitrogens with one attached hydrogen (secondary N) is 1. The van der Waals surface area contributed by atoms with Gasteiger partial charge in [-0.1, -0.05) is 23.7 Å². The van der Waals surface area contributed by atoms with Crippen LogP contribution in [0.15, 0.2) is 36.5 Å². The van der Waals surface area contributed by atoms with Crippen LogP contribution < -0.4 is 10.1 Å². The molecule has 0 fully saturated rings. The maximum absolute atomic E-state index is 11.0. The number of halogens is 1. The van der Waals surface area contributed by atoms with Crippen molar-refractivity contribution in [2.45, 2.75) is 13.5 Å². The molecule has 110 valence electrons. The van der Waals surface area contributed by atoms with Crippen molar-refractivity contribution in [1.82, 2.24) is 4.98 Å². The number of hydrogen-bond acceptors (Lipinski definition) is 5. The number of aromatic nitrogens is 1. The highest BCUT2D eigenvalue weighted by molar-refractivity contribution is 6.32. The maximum atomic E-state index is 11.0. The van der Waals surface area contributed by atoms with Gasteiger partial charge in [0.2, 0.25) is 5.75 Å². The van der Waals surface area contributed by atoms with E-state index in [1.54, 1.807) is 18.3 Å². The van der Waals surface area contributed by atoms with E-state index in [4.69, 9.17) is 16.3 Å². The van der Waals surface area contributed by atoms with Gasteiger partial charge in [-0.25, -0.2) is 4.98 Å². The summed E-state index contributed by atoms with van der Waals surface area (Å²) in [6, 6.07) is 8.05. The summed E-state index contributed by atoms with van der Waals surface area (Å²) in [5.41, 5.74) is 0.643. The second-order valence-electron chi connectivity index (χ2n) is 4.18. The molecule has 0 radical (unpaired) electrons. The number of rotatable bonds is 6. The summed E-state index contributed by atoms with van der Waals surface area (Å²) in [7, 11) is 0. The van der Waals surface area contributed by atoms with Gasteiger partial charge < -0.3 is 10.1 Å². The molecule has 0 aliphatic rings. The number of pyridine rings is 1. The lowest BCUT2D eigenvalue weighted by Gasteiger charge is -2.11. The van der Waals surface area contributed by atoms with Crippen LogP contribution in [-0.2, 0) is 6.61 Å². The third-order valence-electron chi connectivity index (χ3n) is 2.75. The van der Waals surface area contributed by atoms with E-state index in [1.807, 2.05) is 13.0 Å². The zero-order valence-electron chi connectivity index (χ0n) is 11.4. The topological polar surface area (TPSA) is 77.3 Å². The summed E-state index contributed by atoms with van der Waals surface area (Å²) in [5, 5.41) is 14.3. The van der Waals surface area contributed by atoms with E-state index in [0.717, 1.165) is 12.1 Å². The van der Waals surface area contributed by atoms with E-state index in [0.29, 0.717) is 5.82 Å². The number of nitro benzene ring substituents is 1. The van der Waals surface area contributed by atoms with Crippen LogP contribution in [0.5, 0.6) is 5.75 Å². The predicted octanol–water partition coefficient (Wildman–Crippen LogP) is 3.65. The van der Waals surface area contributed by atoms with Crippen molar-refractivity contribution in [1.29, 1.82) is 0 Å². The third-order valence-corrected chi connectivity index (χ3v) is 3.05. The molecule has 1 N–H and O–H groups in total. The Morgan fingerprint density at radius 2 is 2.19 bits per heavy atom. The summed E-state index contributed by atoms with van der Waals surface area (Å²) >= 11 is 5.98. The summed E-state index contributed by atoms with van der Waals surface area (Å²) < 4.78 is 5.55. The van der Waals surface area contributed by atoms with Gasteiger partial charge in [-0.05, 0) is 19.1 Å². The van der Waals surface area contributed by atoms with E-state index < -0.39 is 4.92 Å². The highest BCUT2D eigenvalue weighted by Gasteiger charge is 2.18. The molecule has 21 heavy (non-hydrogen) atoms. The highest BCUT2D eigenvalue weighted by Crippen LogP contribution is 2.35. The van der Waals surface area contributed by atoms with Gasteiger partial charge in [0, 0.05) is 24.4 Å². The molecule has 0 aliphatic carbocycles. The molecule has 0 aliphatic heterocycles. The zero-order chi connectivity index (χ0) is 15.2. The molecule has 0 saturated heterocycles. The molecule has 2 rings (SSSR count). The van der Waals surface area contributed by atoms with Gasteiger partial charge >= 0.3 is 5.69 Å². The van der Waals surface area contributed by atoms with Crippen LogP contribution in [0.1, 0.15) is 12.5 Å². The van der Waals surface area contributed by atoms with E-state index in [-0.39, 0.29) is 23.1 Å². The standard InChI is InChI=1S/C14H14ClN3O3/c1-2-16-14-10(5-4-8-17-14)9-21-13-11(15)6-3-7-12(13)18(19)20/h3-8H,2,9H2,1H3,(H,16,17). The molecular weight excluding hydrogens is 294 g/mol. The fraction of sp³-hybridized carbons (Fsp3) is 0.214. The van der Waals surface area contributed by atoms with Gasteiger partial charge in [0.15, 0.2) is 0 Å². The average Bonchev–Trinajstić information content (AvgIpc) is 2.47. The summed E-state index contributed by atoms with van der Waals surface area (Å²) in [5.74, 6) is 0.755. The Morgan fingerprint density at radius 1 is 1.38 bits per heavy atom. The van der Waals surface area contributed by atoms with Crippen LogP contribution >= 0.6 is 11.6 Å². The van der Waals surface area contributed by atoms with Crippen LogP contribution in [0.3, 0.4) is 0 Å². The Morgan fingerprint density at radius 3 is 2.90 bits per heavy atom. The van der Waals surface area contributed by atoms with Crippen molar-refractivity contribution in [3.8, 4) is 5.75 Å². The highest BCUT2D eigenvalue weighted by atomic mass is 35.5. The molecule has 0 bridgehead atoms. The Balaban J connectivity index is 2.23. The first kappa shape index (κ1) is 15.1. The fourth-order valence-corrected chi connectivity index (χ4v) is 2.04. The molecule has 1 heterocycles. The minimum atomic E-state index is -0.518. The Kier molecular flexibility index (Phi) is 4.94. The molecular formula is C14H14ClN3O3. The van der Waals surface area contributed by atoms with Gasteiger partial charge in [0.05, 0.1) is 9.95 Å². The van der Waals surface area contributed by atoms with Crippen molar-refractivity contribution in [3.63, 3.8) is 0 Å². The number of anilines is 1. The minimum absolute atomic E-state index is 0.0652. The SMILES string of the molecule is CCNc1ncccc1COc1c(Cl)cccc1[N+](=O)[O-]. The minimum Gasteiger partial charge on any atom is -0.481 e. The van der Waals surface area contributed by atoms with Crippen molar-refractivity contribution < 1.29 is 9.66 Å². The smallest absolute Gasteiger partial charge is 0.312 e. The van der Waals surface area contributed by atoms with Crippen LogP contribution in [0.25, 0.3) is 0 Å². The van der Waals surface area contributed by atoms with Crippen LogP contribution in [0.2, 0.25) is 5.02 Å². The van der Waals surface area contributed by atoms with Crippen molar-refractivity contribution >= 4 is 23.1 Å².